The number of carbonyl (C=O) groups excluding carboxylic acids is 1. The average molecular weight is 288 g/mol. The quantitative estimate of drug-likeness (QED) is 0.874. The number of hydrogen-bond acceptors (Lipinski definition) is 3. The molecule has 2 unspecified atom stereocenters. The zero-order chi connectivity index (χ0) is 11.9. The molecule has 2 N–H and O–H groups in total. The number of hydrogen-bond donors (Lipinski definition) is 2. The SMILES string of the molecule is CC1(C)C(O)CC1NC(=O)c1ccc(Br)o1. The molecule has 0 aromatic carbocycles. The maximum Gasteiger partial charge on any atom is 0.287 e. The molecule has 1 fully saturated rings. The first kappa shape index (κ1) is 11.7. The zero-order valence-corrected chi connectivity index (χ0v) is 10.7. The molecule has 2 rings (SSSR count). The number of amides is 1. The molecule has 1 saturated carbocycles. The van der Waals surface area contributed by atoms with Crippen molar-refractivity contribution in [1.82, 2.24) is 5.32 Å². The van der Waals surface area contributed by atoms with Gasteiger partial charge >= 0.3 is 0 Å². The molecule has 2 atom stereocenters. The van der Waals surface area contributed by atoms with E-state index in [2.05, 4.69) is 21.2 Å². The third kappa shape index (κ3) is 1.89. The Morgan fingerprint density at radius 1 is 1.62 bits per heavy atom. The number of aliphatic hydroxyl groups is 1. The van der Waals surface area contributed by atoms with Crippen LogP contribution >= 0.6 is 15.9 Å². The molecule has 0 spiro atoms. The van der Waals surface area contributed by atoms with Gasteiger partial charge in [-0.15, -0.1) is 0 Å². The summed E-state index contributed by atoms with van der Waals surface area (Å²) >= 11 is 3.14. The summed E-state index contributed by atoms with van der Waals surface area (Å²) in [4.78, 5) is 11.7. The van der Waals surface area contributed by atoms with Crippen LogP contribution in [0.3, 0.4) is 0 Å². The second-order valence-corrected chi connectivity index (χ2v) is 5.48. The average Bonchev–Trinajstić information content (AvgIpc) is 2.64. The van der Waals surface area contributed by atoms with Crippen LogP contribution in [-0.4, -0.2) is 23.2 Å². The highest BCUT2D eigenvalue weighted by Gasteiger charge is 2.48. The number of halogens is 1. The van der Waals surface area contributed by atoms with E-state index >= 15 is 0 Å². The monoisotopic (exact) mass is 287 g/mol. The molecule has 5 heteroatoms. The molecule has 1 aliphatic rings. The minimum atomic E-state index is -0.346. The molecule has 0 radical (unpaired) electrons. The molecular formula is C11H14BrNO3. The first-order chi connectivity index (χ1) is 7.41. The van der Waals surface area contributed by atoms with E-state index in [0.29, 0.717) is 11.1 Å². The predicted octanol–water partition coefficient (Wildman–Crippen LogP) is 1.93. The van der Waals surface area contributed by atoms with Gasteiger partial charge in [-0.05, 0) is 34.5 Å². The van der Waals surface area contributed by atoms with Crippen molar-refractivity contribution in [3.05, 3.63) is 22.6 Å². The summed E-state index contributed by atoms with van der Waals surface area (Å²) in [5, 5.41) is 12.4. The van der Waals surface area contributed by atoms with E-state index in [1.807, 2.05) is 13.8 Å². The molecule has 0 bridgehead atoms. The lowest BCUT2D eigenvalue weighted by molar-refractivity contribution is -0.0691. The summed E-state index contributed by atoms with van der Waals surface area (Å²) in [6, 6.07) is 3.29. The fourth-order valence-corrected chi connectivity index (χ4v) is 2.12. The Labute approximate surface area is 102 Å². The summed E-state index contributed by atoms with van der Waals surface area (Å²) in [6.07, 6.45) is 0.252. The van der Waals surface area contributed by atoms with E-state index in [-0.39, 0.29) is 29.2 Å². The van der Waals surface area contributed by atoms with Crippen LogP contribution in [0.25, 0.3) is 0 Å². The van der Waals surface area contributed by atoms with Gasteiger partial charge in [-0.2, -0.15) is 0 Å². The van der Waals surface area contributed by atoms with Crippen LogP contribution in [-0.2, 0) is 0 Å². The van der Waals surface area contributed by atoms with Crippen molar-refractivity contribution in [2.24, 2.45) is 5.41 Å². The molecule has 0 saturated heterocycles. The second-order valence-electron chi connectivity index (χ2n) is 4.70. The van der Waals surface area contributed by atoms with Gasteiger partial charge in [-0.1, -0.05) is 13.8 Å². The van der Waals surface area contributed by atoms with Gasteiger partial charge < -0.3 is 14.8 Å². The van der Waals surface area contributed by atoms with Gasteiger partial charge in [0.25, 0.3) is 5.91 Å². The lowest BCUT2D eigenvalue weighted by Gasteiger charge is -2.49. The number of furan rings is 1. The van der Waals surface area contributed by atoms with Gasteiger partial charge in [0.2, 0.25) is 0 Å². The van der Waals surface area contributed by atoms with E-state index in [1.165, 1.54) is 0 Å². The number of aliphatic hydroxyl groups excluding tert-OH is 1. The molecule has 1 aromatic rings. The van der Waals surface area contributed by atoms with Crippen molar-refractivity contribution in [1.29, 1.82) is 0 Å². The molecule has 88 valence electrons. The third-order valence-electron chi connectivity index (χ3n) is 3.32. The van der Waals surface area contributed by atoms with E-state index in [1.54, 1.807) is 12.1 Å². The van der Waals surface area contributed by atoms with Crippen LogP contribution < -0.4 is 5.32 Å². The van der Waals surface area contributed by atoms with Crippen LogP contribution in [0.4, 0.5) is 0 Å². The minimum Gasteiger partial charge on any atom is -0.444 e. The highest BCUT2D eigenvalue weighted by atomic mass is 79.9. The standard InChI is InChI=1S/C11H14BrNO3/c1-11(2)7(5-8(11)14)13-10(15)6-3-4-9(12)16-6/h3-4,7-8,14H,5H2,1-2H3,(H,13,15). The number of carbonyl (C=O) groups is 1. The summed E-state index contributed by atoms with van der Waals surface area (Å²) < 4.78 is 5.68. The van der Waals surface area contributed by atoms with E-state index in [4.69, 9.17) is 4.42 Å². The molecular weight excluding hydrogens is 274 g/mol. The summed E-state index contributed by atoms with van der Waals surface area (Å²) in [6.45, 7) is 3.87. The molecule has 0 aliphatic heterocycles. The van der Waals surface area contributed by atoms with Crippen molar-refractivity contribution in [2.75, 3.05) is 0 Å². The largest absolute Gasteiger partial charge is 0.444 e. The lowest BCUT2D eigenvalue weighted by Crippen LogP contribution is -2.61. The van der Waals surface area contributed by atoms with Gasteiger partial charge in [0.05, 0.1) is 6.10 Å². The van der Waals surface area contributed by atoms with Gasteiger partial charge in [0.1, 0.15) is 0 Å². The highest BCUT2D eigenvalue weighted by Crippen LogP contribution is 2.40. The Bertz CT molecular complexity index is 413. The van der Waals surface area contributed by atoms with E-state index in [9.17, 15) is 9.90 Å². The van der Waals surface area contributed by atoms with Crippen molar-refractivity contribution in [3.63, 3.8) is 0 Å². The Morgan fingerprint density at radius 2 is 2.31 bits per heavy atom. The van der Waals surface area contributed by atoms with Gasteiger partial charge in [-0.25, -0.2) is 0 Å². The maximum atomic E-state index is 11.7. The third-order valence-corrected chi connectivity index (χ3v) is 3.74. The Hall–Kier alpha value is -0.810. The minimum absolute atomic E-state index is 0.00104. The summed E-state index contributed by atoms with van der Waals surface area (Å²) in [5.74, 6) is 0.0414. The van der Waals surface area contributed by atoms with Crippen molar-refractivity contribution in [2.45, 2.75) is 32.4 Å². The number of nitrogens with one attached hydrogen (secondary N) is 1. The predicted molar refractivity (Wildman–Crippen MR) is 62.1 cm³/mol. The van der Waals surface area contributed by atoms with Gasteiger partial charge in [0, 0.05) is 11.5 Å². The Balaban J connectivity index is 1.99. The number of rotatable bonds is 2. The van der Waals surface area contributed by atoms with Crippen molar-refractivity contribution >= 4 is 21.8 Å². The molecule has 1 heterocycles. The maximum absolute atomic E-state index is 11.7. The topological polar surface area (TPSA) is 62.5 Å². The summed E-state index contributed by atoms with van der Waals surface area (Å²) in [5.41, 5.74) is -0.264. The first-order valence-corrected chi connectivity index (χ1v) is 5.95. The van der Waals surface area contributed by atoms with Crippen molar-refractivity contribution in [3.8, 4) is 0 Å². The normalized spacial score (nSPS) is 27.2. The first-order valence-electron chi connectivity index (χ1n) is 5.15. The van der Waals surface area contributed by atoms with Crippen LogP contribution in [0.1, 0.15) is 30.8 Å². The Morgan fingerprint density at radius 3 is 2.75 bits per heavy atom. The molecule has 1 aliphatic carbocycles. The second kappa shape index (κ2) is 3.89. The molecule has 16 heavy (non-hydrogen) atoms. The van der Waals surface area contributed by atoms with E-state index in [0.717, 1.165) is 0 Å². The molecule has 4 nitrogen and oxygen atoms in total. The van der Waals surface area contributed by atoms with Crippen molar-refractivity contribution < 1.29 is 14.3 Å². The van der Waals surface area contributed by atoms with Gasteiger partial charge in [-0.3, -0.25) is 4.79 Å². The highest BCUT2D eigenvalue weighted by molar-refractivity contribution is 9.10. The van der Waals surface area contributed by atoms with Crippen LogP contribution in [0.15, 0.2) is 21.2 Å². The zero-order valence-electron chi connectivity index (χ0n) is 9.16. The lowest BCUT2D eigenvalue weighted by atomic mass is 9.64. The molecule has 1 amide bonds. The van der Waals surface area contributed by atoms with Crippen LogP contribution in [0, 0.1) is 5.41 Å². The van der Waals surface area contributed by atoms with E-state index < -0.39 is 0 Å². The fraction of sp³-hybridized carbons (Fsp3) is 0.545. The smallest absolute Gasteiger partial charge is 0.287 e. The molecule has 1 aromatic heterocycles. The van der Waals surface area contributed by atoms with Gasteiger partial charge in [0.15, 0.2) is 10.4 Å². The van der Waals surface area contributed by atoms with Crippen LogP contribution in [0.5, 0.6) is 0 Å². The van der Waals surface area contributed by atoms with Crippen LogP contribution in [0.2, 0.25) is 0 Å². The fourth-order valence-electron chi connectivity index (χ4n) is 1.81. The Kier molecular flexibility index (Phi) is 2.84. The summed E-state index contributed by atoms with van der Waals surface area (Å²) in [7, 11) is 0.